The summed E-state index contributed by atoms with van der Waals surface area (Å²) in [5, 5.41) is 0. The van der Waals surface area contributed by atoms with Gasteiger partial charge in [0.2, 0.25) is 0 Å². The number of nitrogens with zero attached hydrogens (tertiary/aromatic N) is 3. The highest BCUT2D eigenvalue weighted by atomic mass is 79.9. The van der Waals surface area contributed by atoms with E-state index < -0.39 is 0 Å². The van der Waals surface area contributed by atoms with Gasteiger partial charge in [-0.25, -0.2) is 9.97 Å². The zero-order valence-electron chi connectivity index (χ0n) is 11.7. The smallest absolute Gasteiger partial charge is 0.134 e. The molecule has 0 spiro atoms. The molecule has 2 heterocycles. The second kappa shape index (κ2) is 5.56. The third kappa shape index (κ3) is 3.03. The van der Waals surface area contributed by atoms with Crippen LogP contribution in [0.3, 0.4) is 0 Å². The molecule has 106 valence electrons. The number of hydrogen-bond acceptors (Lipinski definition) is 4. The first-order valence-electron chi connectivity index (χ1n) is 6.97. The molecular formula is C15H18BrN3O. The number of rotatable bonds is 5. The molecule has 20 heavy (non-hydrogen) atoms. The van der Waals surface area contributed by atoms with Crippen LogP contribution in [-0.4, -0.2) is 16.0 Å². The third-order valence-corrected chi connectivity index (χ3v) is 3.81. The van der Waals surface area contributed by atoms with Gasteiger partial charge in [0.1, 0.15) is 22.0 Å². The normalized spacial score (nSPS) is 14.8. The molecule has 3 rings (SSSR count). The molecule has 1 aliphatic carbocycles. The second-order valence-corrected chi connectivity index (χ2v) is 6.31. The van der Waals surface area contributed by atoms with Crippen LogP contribution in [0.2, 0.25) is 0 Å². The molecule has 0 aromatic carbocycles. The van der Waals surface area contributed by atoms with Crippen LogP contribution in [0.15, 0.2) is 33.5 Å². The van der Waals surface area contributed by atoms with Gasteiger partial charge in [-0.15, -0.1) is 0 Å². The van der Waals surface area contributed by atoms with Gasteiger partial charge < -0.3 is 9.32 Å². The van der Waals surface area contributed by atoms with E-state index in [2.05, 4.69) is 39.7 Å². The molecule has 4 nitrogen and oxygen atoms in total. The van der Waals surface area contributed by atoms with Gasteiger partial charge in [-0.05, 0) is 40.9 Å². The Balaban J connectivity index is 1.91. The largest absolute Gasteiger partial charge is 0.467 e. The van der Waals surface area contributed by atoms with Crippen LogP contribution in [0.25, 0.3) is 0 Å². The SMILES string of the molecule is CC(C)c1nc(Br)cc(N(Cc2ccco2)C2CC2)n1. The van der Waals surface area contributed by atoms with E-state index in [0.717, 1.165) is 28.6 Å². The molecule has 0 saturated heterocycles. The monoisotopic (exact) mass is 335 g/mol. The standard InChI is InChI=1S/C15H18BrN3O/c1-10(2)15-17-13(16)8-14(18-15)19(11-5-6-11)9-12-4-3-7-20-12/h3-4,7-8,10-11H,5-6,9H2,1-2H3. The van der Waals surface area contributed by atoms with Gasteiger partial charge in [-0.1, -0.05) is 13.8 Å². The molecule has 0 radical (unpaired) electrons. The first-order valence-corrected chi connectivity index (χ1v) is 7.76. The van der Waals surface area contributed by atoms with Crippen molar-refractivity contribution < 1.29 is 4.42 Å². The summed E-state index contributed by atoms with van der Waals surface area (Å²) in [6.07, 6.45) is 4.16. The molecule has 0 N–H and O–H groups in total. The number of aromatic nitrogens is 2. The predicted octanol–water partition coefficient (Wildman–Crippen LogP) is 4.12. The summed E-state index contributed by atoms with van der Waals surface area (Å²) in [4.78, 5) is 11.5. The van der Waals surface area contributed by atoms with Gasteiger partial charge in [-0.3, -0.25) is 0 Å². The zero-order valence-corrected chi connectivity index (χ0v) is 13.3. The maximum Gasteiger partial charge on any atom is 0.134 e. The lowest BCUT2D eigenvalue weighted by Crippen LogP contribution is -2.26. The summed E-state index contributed by atoms with van der Waals surface area (Å²) >= 11 is 3.50. The van der Waals surface area contributed by atoms with Crippen molar-refractivity contribution in [1.29, 1.82) is 0 Å². The minimum Gasteiger partial charge on any atom is -0.467 e. The Morgan fingerprint density at radius 2 is 2.20 bits per heavy atom. The summed E-state index contributed by atoms with van der Waals surface area (Å²) in [6.45, 7) is 4.98. The highest BCUT2D eigenvalue weighted by Gasteiger charge is 2.31. The Hall–Kier alpha value is -1.36. The van der Waals surface area contributed by atoms with Gasteiger partial charge in [0, 0.05) is 18.0 Å². The molecule has 0 unspecified atom stereocenters. The summed E-state index contributed by atoms with van der Waals surface area (Å²) in [6, 6.07) is 6.50. The number of halogens is 1. The maximum absolute atomic E-state index is 5.47. The molecule has 1 fully saturated rings. The van der Waals surface area contributed by atoms with Crippen molar-refractivity contribution in [1.82, 2.24) is 9.97 Å². The van der Waals surface area contributed by atoms with Crippen molar-refractivity contribution >= 4 is 21.7 Å². The van der Waals surface area contributed by atoms with Crippen LogP contribution in [0.1, 0.15) is 44.2 Å². The van der Waals surface area contributed by atoms with Crippen molar-refractivity contribution in [3.8, 4) is 0 Å². The summed E-state index contributed by atoms with van der Waals surface area (Å²) < 4.78 is 6.32. The molecule has 5 heteroatoms. The molecule has 2 aromatic heterocycles. The molecule has 0 atom stereocenters. The predicted molar refractivity (Wildman–Crippen MR) is 81.7 cm³/mol. The summed E-state index contributed by atoms with van der Waals surface area (Å²) in [7, 11) is 0. The van der Waals surface area contributed by atoms with E-state index >= 15 is 0 Å². The van der Waals surface area contributed by atoms with Crippen LogP contribution in [0, 0.1) is 0 Å². The van der Waals surface area contributed by atoms with Crippen LogP contribution >= 0.6 is 15.9 Å². The van der Waals surface area contributed by atoms with Gasteiger partial charge in [0.15, 0.2) is 0 Å². The molecule has 2 aromatic rings. The van der Waals surface area contributed by atoms with E-state index in [-0.39, 0.29) is 0 Å². The van der Waals surface area contributed by atoms with Gasteiger partial charge >= 0.3 is 0 Å². The van der Waals surface area contributed by atoms with Crippen LogP contribution in [0.4, 0.5) is 5.82 Å². The van der Waals surface area contributed by atoms with Crippen LogP contribution in [0.5, 0.6) is 0 Å². The highest BCUT2D eigenvalue weighted by Crippen LogP contribution is 2.33. The minimum atomic E-state index is 0.316. The number of hydrogen-bond donors (Lipinski definition) is 0. The van der Waals surface area contributed by atoms with Crippen LogP contribution in [-0.2, 0) is 6.54 Å². The molecule has 0 aliphatic heterocycles. The van der Waals surface area contributed by atoms with Crippen molar-refractivity contribution in [3.05, 3.63) is 40.7 Å². The molecular weight excluding hydrogens is 318 g/mol. The maximum atomic E-state index is 5.47. The fourth-order valence-electron chi connectivity index (χ4n) is 2.18. The lowest BCUT2D eigenvalue weighted by atomic mass is 10.2. The van der Waals surface area contributed by atoms with E-state index in [1.54, 1.807) is 6.26 Å². The fourth-order valence-corrected chi connectivity index (χ4v) is 2.57. The highest BCUT2D eigenvalue weighted by molar-refractivity contribution is 9.10. The Labute approximate surface area is 127 Å². The quantitative estimate of drug-likeness (QED) is 0.770. The molecule has 0 bridgehead atoms. The average Bonchev–Trinajstić information content (AvgIpc) is 3.12. The second-order valence-electron chi connectivity index (χ2n) is 5.50. The Morgan fingerprint density at radius 3 is 2.80 bits per heavy atom. The zero-order chi connectivity index (χ0) is 14.1. The van der Waals surface area contributed by atoms with Gasteiger partial charge in [0.05, 0.1) is 12.8 Å². The fraction of sp³-hybridized carbons (Fsp3) is 0.467. The van der Waals surface area contributed by atoms with E-state index in [0.29, 0.717) is 12.0 Å². The summed E-state index contributed by atoms with van der Waals surface area (Å²) in [5.74, 6) is 3.14. The van der Waals surface area contributed by atoms with Gasteiger partial charge in [0.25, 0.3) is 0 Å². The van der Waals surface area contributed by atoms with E-state index in [4.69, 9.17) is 9.40 Å². The first-order chi connectivity index (χ1) is 9.63. The van der Waals surface area contributed by atoms with E-state index in [1.165, 1.54) is 12.8 Å². The Morgan fingerprint density at radius 1 is 1.40 bits per heavy atom. The van der Waals surface area contributed by atoms with E-state index in [9.17, 15) is 0 Å². The van der Waals surface area contributed by atoms with Crippen molar-refractivity contribution in [2.75, 3.05) is 4.90 Å². The van der Waals surface area contributed by atoms with Crippen LogP contribution < -0.4 is 4.90 Å². The Kier molecular flexibility index (Phi) is 3.78. The van der Waals surface area contributed by atoms with Gasteiger partial charge in [-0.2, -0.15) is 0 Å². The minimum absolute atomic E-state index is 0.316. The average molecular weight is 336 g/mol. The summed E-state index contributed by atoms with van der Waals surface area (Å²) in [5.41, 5.74) is 0. The lowest BCUT2D eigenvalue weighted by molar-refractivity contribution is 0.500. The number of furan rings is 1. The third-order valence-electron chi connectivity index (χ3n) is 3.40. The molecule has 1 saturated carbocycles. The topological polar surface area (TPSA) is 42.2 Å². The number of anilines is 1. The van der Waals surface area contributed by atoms with E-state index in [1.807, 2.05) is 18.2 Å². The van der Waals surface area contributed by atoms with Crippen molar-refractivity contribution in [2.24, 2.45) is 0 Å². The molecule has 0 amide bonds. The van der Waals surface area contributed by atoms with Crippen molar-refractivity contribution in [3.63, 3.8) is 0 Å². The first kappa shape index (κ1) is 13.6. The van der Waals surface area contributed by atoms with Crippen molar-refractivity contribution in [2.45, 2.75) is 45.2 Å². The Bertz CT molecular complexity index is 579. The lowest BCUT2D eigenvalue weighted by Gasteiger charge is -2.23. The molecule has 1 aliphatic rings.